The number of nitro groups is 1. The average molecular weight is 481 g/mol. The first-order valence-corrected chi connectivity index (χ1v) is 12.9. The minimum atomic E-state index is -3.77. The summed E-state index contributed by atoms with van der Waals surface area (Å²) in [5.41, 5.74) is 0.715. The maximum absolute atomic E-state index is 13.1. The fraction of sp³-hybridized carbons (Fsp3) is 0.368. The van der Waals surface area contributed by atoms with Gasteiger partial charge in [-0.3, -0.25) is 14.9 Å². The molecular weight excluding hydrogens is 460 g/mol. The maximum atomic E-state index is 13.1. The maximum Gasteiger partial charge on any atom is 0.270 e. The molecule has 2 aromatic heterocycles. The second-order valence-electron chi connectivity index (χ2n) is 7.05. The first-order chi connectivity index (χ1) is 14.8. The fourth-order valence-electron chi connectivity index (χ4n) is 3.70. The van der Waals surface area contributed by atoms with Crippen molar-refractivity contribution >= 4 is 54.5 Å². The molecule has 1 saturated heterocycles. The number of carbonyl (C=O) groups is 1. The lowest BCUT2D eigenvalue weighted by atomic mass is 10.0. The molecule has 3 heterocycles. The van der Waals surface area contributed by atoms with E-state index in [1.54, 1.807) is 17.5 Å². The molecule has 0 aliphatic carbocycles. The lowest BCUT2D eigenvalue weighted by molar-refractivity contribution is -0.384. The van der Waals surface area contributed by atoms with E-state index in [4.69, 9.17) is 0 Å². The molecule has 9 nitrogen and oxygen atoms in total. The van der Waals surface area contributed by atoms with Gasteiger partial charge in [0.1, 0.15) is 10.3 Å². The standard InChI is InChI=1S/C19H20N4O5S3/c1-2-21-14-9-8-13(23(25)26)12-16(14)30-19(21)20-18(24)15-6-3-4-10-22(15)31(27,28)17-7-5-11-29-17/h5,7-9,11-12,15H,2-4,6,10H2,1H3. The molecule has 1 fully saturated rings. The highest BCUT2D eigenvalue weighted by Gasteiger charge is 2.38. The second kappa shape index (κ2) is 8.61. The van der Waals surface area contributed by atoms with E-state index in [1.165, 1.54) is 33.8 Å². The minimum Gasteiger partial charge on any atom is -0.317 e. The van der Waals surface area contributed by atoms with Crippen molar-refractivity contribution in [1.29, 1.82) is 0 Å². The number of aromatic nitrogens is 1. The molecular formula is C19H20N4O5S3. The summed E-state index contributed by atoms with van der Waals surface area (Å²) in [4.78, 5) is 28.4. The van der Waals surface area contributed by atoms with E-state index in [0.29, 0.717) is 28.9 Å². The van der Waals surface area contributed by atoms with Crippen molar-refractivity contribution in [2.45, 2.75) is 43.0 Å². The molecule has 164 valence electrons. The molecule has 3 aromatic rings. The molecule has 0 bridgehead atoms. The lowest BCUT2D eigenvalue weighted by Crippen LogP contribution is -2.47. The summed E-state index contributed by atoms with van der Waals surface area (Å²) in [5, 5.41) is 12.8. The quantitative estimate of drug-likeness (QED) is 0.410. The summed E-state index contributed by atoms with van der Waals surface area (Å²) >= 11 is 2.31. The molecule has 0 saturated carbocycles. The summed E-state index contributed by atoms with van der Waals surface area (Å²) < 4.78 is 30.0. The second-order valence-corrected chi connectivity index (χ2v) is 11.1. The molecule has 1 atom stereocenters. The van der Waals surface area contributed by atoms with E-state index in [9.17, 15) is 23.3 Å². The Labute approximate surface area is 186 Å². The first-order valence-electron chi connectivity index (χ1n) is 9.74. The predicted octanol–water partition coefficient (Wildman–Crippen LogP) is 3.36. The largest absolute Gasteiger partial charge is 0.317 e. The number of nitro benzene ring substituents is 1. The van der Waals surface area contributed by atoms with Crippen LogP contribution in [0.25, 0.3) is 10.2 Å². The molecule has 12 heteroatoms. The Hall–Kier alpha value is -2.41. The van der Waals surface area contributed by atoms with Gasteiger partial charge in [0.25, 0.3) is 21.6 Å². The van der Waals surface area contributed by atoms with E-state index in [1.807, 2.05) is 11.5 Å². The third-order valence-electron chi connectivity index (χ3n) is 5.20. The molecule has 0 spiro atoms. The van der Waals surface area contributed by atoms with Crippen molar-refractivity contribution in [2.24, 2.45) is 4.99 Å². The highest BCUT2D eigenvalue weighted by atomic mass is 32.2. The van der Waals surface area contributed by atoms with Crippen molar-refractivity contribution < 1.29 is 18.1 Å². The Kier molecular flexibility index (Phi) is 6.06. The number of carbonyl (C=O) groups excluding carboxylic acids is 1. The van der Waals surface area contributed by atoms with E-state index in [0.717, 1.165) is 23.3 Å². The topological polar surface area (TPSA) is 115 Å². The van der Waals surface area contributed by atoms with Gasteiger partial charge in [0.2, 0.25) is 0 Å². The first kappa shape index (κ1) is 21.8. The van der Waals surface area contributed by atoms with Crippen molar-refractivity contribution in [3.05, 3.63) is 50.6 Å². The van der Waals surface area contributed by atoms with Gasteiger partial charge in [-0.2, -0.15) is 9.30 Å². The van der Waals surface area contributed by atoms with Crippen LogP contribution >= 0.6 is 22.7 Å². The number of nitrogens with zero attached hydrogens (tertiary/aromatic N) is 4. The highest BCUT2D eigenvalue weighted by Crippen LogP contribution is 2.29. The fourth-order valence-corrected chi connectivity index (χ4v) is 7.60. The van der Waals surface area contributed by atoms with Crippen molar-refractivity contribution in [3.63, 3.8) is 0 Å². The number of hydrogen-bond donors (Lipinski definition) is 0. The van der Waals surface area contributed by atoms with Crippen LogP contribution in [0.3, 0.4) is 0 Å². The molecule has 1 aliphatic rings. The average Bonchev–Trinajstić information content (AvgIpc) is 3.41. The van der Waals surface area contributed by atoms with Crippen LogP contribution in [0.5, 0.6) is 0 Å². The van der Waals surface area contributed by atoms with Gasteiger partial charge in [0, 0.05) is 25.2 Å². The summed E-state index contributed by atoms with van der Waals surface area (Å²) in [6, 6.07) is 6.88. The number of amides is 1. The number of benzene rings is 1. The van der Waals surface area contributed by atoms with Crippen molar-refractivity contribution in [2.75, 3.05) is 6.54 Å². The van der Waals surface area contributed by atoms with Gasteiger partial charge in [0.15, 0.2) is 4.80 Å². The van der Waals surface area contributed by atoms with Crippen LogP contribution in [0.1, 0.15) is 26.2 Å². The van der Waals surface area contributed by atoms with Crippen LogP contribution in [0.4, 0.5) is 5.69 Å². The smallest absolute Gasteiger partial charge is 0.270 e. The van der Waals surface area contributed by atoms with Crippen LogP contribution in [-0.2, 0) is 21.4 Å². The van der Waals surface area contributed by atoms with Crippen molar-refractivity contribution in [1.82, 2.24) is 8.87 Å². The SMILES string of the molecule is CCn1c(=NC(=O)C2CCCCN2S(=O)(=O)c2cccs2)sc2cc([N+](=O)[O-])ccc21. The summed E-state index contributed by atoms with van der Waals surface area (Å²) in [5.74, 6) is -0.511. The Bertz CT molecular complexity index is 1310. The number of thiophene rings is 1. The van der Waals surface area contributed by atoms with E-state index >= 15 is 0 Å². The Morgan fingerprint density at radius 3 is 2.81 bits per heavy atom. The van der Waals surface area contributed by atoms with Crippen LogP contribution in [0, 0.1) is 10.1 Å². The molecule has 31 heavy (non-hydrogen) atoms. The molecule has 4 rings (SSSR count). The summed E-state index contributed by atoms with van der Waals surface area (Å²) in [7, 11) is -3.77. The summed E-state index contributed by atoms with van der Waals surface area (Å²) in [6.45, 7) is 2.69. The number of thiazole rings is 1. The third-order valence-corrected chi connectivity index (χ3v) is 9.52. The van der Waals surface area contributed by atoms with Gasteiger partial charge in [-0.1, -0.05) is 23.8 Å². The minimum absolute atomic E-state index is 0.0321. The monoisotopic (exact) mass is 480 g/mol. The zero-order valence-electron chi connectivity index (χ0n) is 16.6. The van der Waals surface area contributed by atoms with E-state index < -0.39 is 26.9 Å². The number of fused-ring (bicyclic) bond motifs is 1. The highest BCUT2D eigenvalue weighted by molar-refractivity contribution is 7.91. The number of rotatable bonds is 5. The molecule has 1 aliphatic heterocycles. The molecule has 0 N–H and O–H groups in total. The van der Waals surface area contributed by atoms with E-state index in [-0.39, 0.29) is 16.4 Å². The van der Waals surface area contributed by atoms with Gasteiger partial charge in [-0.15, -0.1) is 11.3 Å². The number of non-ortho nitro benzene ring substituents is 1. The van der Waals surface area contributed by atoms with Crippen LogP contribution in [0.2, 0.25) is 0 Å². The molecule has 1 unspecified atom stereocenters. The lowest BCUT2D eigenvalue weighted by Gasteiger charge is -2.31. The van der Waals surface area contributed by atoms with Gasteiger partial charge >= 0.3 is 0 Å². The zero-order chi connectivity index (χ0) is 22.2. The van der Waals surface area contributed by atoms with Crippen LogP contribution < -0.4 is 4.80 Å². The number of aryl methyl sites for hydroxylation is 1. The Morgan fingerprint density at radius 2 is 2.13 bits per heavy atom. The Balaban J connectivity index is 1.74. The molecule has 1 aromatic carbocycles. The number of piperidine rings is 1. The van der Waals surface area contributed by atoms with Crippen molar-refractivity contribution in [3.8, 4) is 0 Å². The Morgan fingerprint density at radius 1 is 1.32 bits per heavy atom. The zero-order valence-corrected chi connectivity index (χ0v) is 19.1. The van der Waals surface area contributed by atoms with Crippen LogP contribution in [-0.4, -0.2) is 40.7 Å². The number of hydrogen-bond acceptors (Lipinski definition) is 7. The van der Waals surface area contributed by atoms with Crippen LogP contribution in [0.15, 0.2) is 44.9 Å². The van der Waals surface area contributed by atoms with Gasteiger partial charge in [-0.05, 0) is 37.3 Å². The normalized spacial score (nSPS) is 18.5. The molecule has 1 amide bonds. The van der Waals surface area contributed by atoms with Gasteiger partial charge in [0.05, 0.1) is 15.1 Å². The predicted molar refractivity (Wildman–Crippen MR) is 119 cm³/mol. The van der Waals surface area contributed by atoms with Gasteiger partial charge < -0.3 is 4.57 Å². The molecule has 0 radical (unpaired) electrons. The van der Waals surface area contributed by atoms with Gasteiger partial charge in [-0.25, -0.2) is 8.42 Å². The summed E-state index contributed by atoms with van der Waals surface area (Å²) in [6.07, 6.45) is 1.85. The third kappa shape index (κ3) is 4.07. The number of sulfonamides is 1. The van der Waals surface area contributed by atoms with E-state index in [2.05, 4.69) is 4.99 Å².